The summed E-state index contributed by atoms with van der Waals surface area (Å²) in [5.74, 6) is 6.51. The lowest BCUT2D eigenvalue weighted by Gasteiger charge is -2.08. The van der Waals surface area contributed by atoms with E-state index >= 15 is 0 Å². The summed E-state index contributed by atoms with van der Waals surface area (Å²) >= 11 is 4.75. The Labute approximate surface area is 133 Å². The van der Waals surface area contributed by atoms with Gasteiger partial charge in [-0.25, -0.2) is 9.66 Å². The van der Waals surface area contributed by atoms with Crippen LogP contribution >= 0.6 is 27.7 Å². The number of thioether (sulfide) groups is 1. The Morgan fingerprint density at radius 2 is 2.19 bits per heavy atom. The zero-order valence-electron chi connectivity index (χ0n) is 10.9. The maximum absolute atomic E-state index is 12.3. The van der Waals surface area contributed by atoms with Gasteiger partial charge >= 0.3 is 0 Å². The average Bonchev–Trinajstić information content (AvgIpc) is 2.51. The van der Waals surface area contributed by atoms with E-state index in [2.05, 4.69) is 25.9 Å². The third-order valence-corrected chi connectivity index (χ3v) is 4.44. The number of pyridine rings is 1. The second-order valence-electron chi connectivity index (χ2n) is 4.38. The second-order valence-corrected chi connectivity index (χ2v) is 6.24. The molecule has 0 aliphatic rings. The fourth-order valence-corrected chi connectivity index (χ4v) is 3.10. The minimum atomic E-state index is -0.255. The van der Waals surface area contributed by atoms with E-state index in [1.807, 2.05) is 18.2 Å². The molecule has 1 aromatic carbocycles. The van der Waals surface area contributed by atoms with Gasteiger partial charge in [0.1, 0.15) is 0 Å². The van der Waals surface area contributed by atoms with Gasteiger partial charge in [0.25, 0.3) is 5.56 Å². The van der Waals surface area contributed by atoms with Gasteiger partial charge in [-0.3, -0.25) is 9.78 Å². The van der Waals surface area contributed by atoms with Crippen LogP contribution in [0, 0.1) is 0 Å². The van der Waals surface area contributed by atoms with Crippen molar-refractivity contribution in [2.24, 2.45) is 0 Å². The van der Waals surface area contributed by atoms with Crippen molar-refractivity contribution < 1.29 is 0 Å². The highest BCUT2D eigenvalue weighted by Crippen LogP contribution is 2.22. The monoisotopic (exact) mass is 362 g/mol. The molecule has 21 heavy (non-hydrogen) atoms. The Balaban J connectivity index is 1.98. The first-order valence-corrected chi connectivity index (χ1v) is 7.92. The van der Waals surface area contributed by atoms with Gasteiger partial charge in [0, 0.05) is 22.6 Å². The van der Waals surface area contributed by atoms with Gasteiger partial charge in [-0.05, 0) is 29.8 Å². The van der Waals surface area contributed by atoms with Crippen molar-refractivity contribution in [1.82, 2.24) is 14.6 Å². The van der Waals surface area contributed by atoms with E-state index in [0.717, 1.165) is 14.7 Å². The van der Waals surface area contributed by atoms with Crippen LogP contribution in [0.5, 0.6) is 0 Å². The molecule has 2 aromatic heterocycles. The lowest BCUT2D eigenvalue weighted by Crippen LogP contribution is -2.29. The van der Waals surface area contributed by atoms with E-state index < -0.39 is 0 Å². The molecule has 7 heteroatoms. The van der Waals surface area contributed by atoms with E-state index in [9.17, 15) is 4.79 Å². The van der Waals surface area contributed by atoms with Crippen molar-refractivity contribution in [2.45, 2.75) is 10.9 Å². The zero-order chi connectivity index (χ0) is 14.8. The Hall–Kier alpha value is -1.86. The lowest BCUT2D eigenvalue weighted by molar-refractivity contribution is 0.779. The first-order valence-electron chi connectivity index (χ1n) is 6.14. The maximum Gasteiger partial charge on any atom is 0.280 e. The highest BCUT2D eigenvalue weighted by molar-refractivity contribution is 9.10. The molecule has 2 heterocycles. The van der Waals surface area contributed by atoms with E-state index in [4.69, 9.17) is 5.84 Å². The van der Waals surface area contributed by atoms with Crippen LogP contribution in [-0.2, 0) is 5.75 Å². The quantitative estimate of drug-likeness (QED) is 0.440. The van der Waals surface area contributed by atoms with E-state index in [1.54, 1.807) is 24.5 Å². The number of benzene rings is 1. The molecule has 0 atom stereocenters. The van der Waals surface area contributed by atoms with Crippen LogP contribution in [0.2, 0.25) is 0 Å². The molecule has 0 aliphatic carbocycles. The van der Waals surface area contributed by atoms with Crippen molar-refractivity contribution in [3.05, 3.63) is 63.1 Å². The summed E-state index contributed by atoms with van der Waals surface area (Å²) in [6.45, 7) is 0. The van der Waals surface area contributed by atoms with E-state index in [-0.39, 0.29) is 5.56 Å². The van der Waals surface area contributed by atoms with Gasteiger partial charge in [-0.2, -0.15) is 0 Å². The molecule has 0 radical (unpaired) electrons. The molecule has 0 bridgehead atoms. The van der Waals surface area contributed by atoms with Gasteiger partial charge in [0.15, 0.2) is 5.16 Å². The Morgan fingerprint density at radius 1 is 1.33 bits per heavy atom. The summed E-state index contributed by atoms with van der Waals surface area (Å²) in [4.78, 5) is 20.8. The number of nitrogens with two attached hydrogens (primary N) is 1. The first kappa shape index (κ1) is 14.1. The number of hydrogen-bond donors (Lipinski definition) is 1. The number of aromatic nitrogens is 3. The standard InChI is InChI=1S/C14H11BrN4OS/c15-10-3-4-12-11(6-10)13(20)19(16)14(18-12)21-8-9-2-1-5-17-7-9/h1-7H,8,16H2. The normalized spacial score (nSPS) is 10.9. The molecule has 0 saturated heterocycles. The van der Waals surface area contributed by atoms with Crippen molar-refractivity contribution in [2.75, 3.05) is 5.84 Å². The fourth-order valence-electron chi connectivity index (χ4n) is 1.88. The lowest BCUT2D eigenvalue weighted by atomic mass is 10.2. The van der Waals surface area contributed by atoms with Crippen molar-refractivity contribution in [3.63, 3.8) is 0 Å². The van der Waals surface area contributed by atoms with Gasteiger partial charge in [0.2, 0.25) is 0 Å². The molecule has 3 rings (SSSR count). The molecular weight excluding hydrogens is 352 g/mol. The zero-order valence-corrected chi connectivity index (χ0v) is 13.3. The number of halogens is 1. The number of nitrogen functional groups attached to an aromatic ring is 1. The molecule has 0 fully saturated rings. The van der Waals surface area contributed by atoms with Crippen LogP contribution in [0.1, 0.15) is 5.56 Å². The minimum Gasteiger partial charge on any atom is -0.334 e. The van der Waals surface area contributed by atoms with Crippen LogP contribution < -0.4 is 11.4 Å². The van der Waals surface area contributed by atoms with Crippen LogP contribution in [0.25, 0.3) is 10.9 Å². The highest BCUT2D eigenvalue weighted by Gasteiger charge is 2.10. The van der Waals surface area contributed by atoms with Gasteiger partial charge in [0.05, 0.1) is 10.9 Å². The van der Waals surface area contributed by atoms with Crippen LogP contribution in [0.15, 0.2) is 57.1 Å². The molecule has 2 N–H and O–H groups in total. The van der Waals surface area contributed by atoms with Crippen molar-refractivity contribution in [1.29, 1.82) is 0 Å². The molecular formula is C14H11BrN4OS. The summed E-state index contributed by atoms with van der Waals surface area (Å²) in [6, 6.07) is 9.22. The molecule has 0 aliphatic heterocycles. The first-order chi connectivity index (χ1) is 10.1. The third kappa shape index (κ3) is 2.93. The molecule has 3 aromatic rings. The van der Waals surface area contributed by atoms with Crippen molar-refractivity contribution >= 4 is 38.6 Å². The Kier molecular flexibility index (Phi) is 3.94. The summed E-state index contributed by atoms with van der Waals surface area (Å²) < 4.78 is 1.92. The van der Waals surface area contributed by atoms with Gasteiger partial charge in [-0.15, -0.1) is 0 Å². The van der Waals surface area contributed by atoms with Gasteiger partial charge < -0.3 is 5.84 Å². The molecule has 0 spiro atoms. The van der Waals surface area contributed by atoms with Crippen molar-refractivity contribution in [3.8, 4) is 0 Å². The molecule has 0 unspecified atom stereocenters. The number of fused-ring (bicyclic) bond motifs is 1. The summed E-state index contributed by atoms with van der Waals surface area (Å²) in [5.41, 5.74) is 1.43. The topological polar surface area (TPSA) is 73.8 Å². The fraction of sp³-hybridized carbons (Fsp3) is 0.0714. The summed E-state index contributed by atoms with van der Waals surface area (Å²) in [7, 11) is 0. The molecule has 0 amide bonds. The minimum absolute atomic E-state index is 0.255. The number of rotatable bonds is 3. The predicted molar refractivity (Wildman–Crippen MR) is 87.7 cm³/mol. The van der Waals surface area contributed by atoms with Gasteiger partial charge in [-0.1, -0.05) is 33.8 Å². The number of nitrogens with zero attached hydrogens (tertiary/aromatic N) is 3. The van der Waals surface area contributed by atoms with Crippen LogP contribution in [0.3, 0.4) is 0 Å². The van der Waals surface area contributed by atoms with Crippen LogP contribution in [0.4, 0.5) is 0 Å². The number of hydrogen-bond acceptors (Lipinski definition) is 5. The molecule has 106 valence electrons. The predicted octanol–water partition coefficient (Wildman–Crippen LogP) is 2.56. The Morgan fingerprint density at radius 3 is 2.95 bits per heavy atom. The molecule has 0 saturated carbocycles. The largest absolute Gasteiger partial charge is 0.334 e. The maximum atomic E-state index is 12.3. The average molecular weight is 363 g/mol. The van der Waals surface area contributed by atoms with E-state index in [1.165, 1.54) is 11.8 Å². The second kappa shape index (κ2) is 5.87. The summed E-state index contributed by atoms with van der Waals surface area (Å²) in [5, 5.41) is 0.983. The Bertz CT molecular complexity index is 851. The van der Waals surface area contributed by atoms with E-state index in [0.29, 0.717) is 21.8 Å². The molecule has 5 nitrogen and oxygen atoms in total. The highest BCUT2D eigenvalue weighted by atomic mass is 79.9. The van der Waals surface area contributed by atoms with Crippen LogP contribution in [-0.4, -0.2) is 14.6 Å². The SMILES string of the molecule is Nn1c(SCc2cccnc2)nc2ccc(Br)cc2c1=O. The smallest absolute Gasteiger partial charge is 0.280 e. The third-order valence-electron chi connectivity index (χ3n) is 2.92. The summed E-state index contributed by atoms with van der Waals surface area (Å²) in [6.07, 6.45) is 3.50.